The van der Waals surface area contributed by atoms with Gasteiger partial charge < -0.3 is 20.5 Å². The number of carboxylic acid groups (broad SMARTS) is 1. The molecule has 0 bridgehead atoms. The number of halogens is 4. The lowest BCUT2D eigenvalue weighted by Gasteiger charge is -2.42. The Morgan fingerprint density at radius 2 is 1.55 bits per heavy atom. The van der Waals surface area contributed by atoms with Crippen molar-refractivity contribution in [3.8, 4) is 17.0 Å². The first kappa shape index (κ1) is 40.4. The third-order valence-electron chi connectivity index (χ3n) is 9.82. The summed E-state index contributed by atoms with van der Waals surface area (Å²) in [5.41, 5.74) is 9.01. The lowest BCUT2D eigenvalue weighted by Crippen LogP contribution is -2.61. The summed E-state index contributed by atoms with van der Waals surface area (Å²) in [6, 6.07) is 17.8. The van der Waals surface area contributed by atoms with E-state index >= 15 is 0 Å². The molecule has 11 nitrogen and oxygen atoms in total. The zero-order valence-corrected chi connectivity index (χ0v) is 30.8. The van der Waals surface area contributed by atoms with Gasteiger partial charge in [0.1, 0.15) is 11.8 Å². The predicted molar refractivity (Wildman–Crippen MR) is 194 cm³/mol. The molecule has 1 aliphatic carbocycles. The number of ether oxygens (including phenoxy) is 1. The van der Waals surface area contributed by atoms with Crippen LogP contribution in [0.1, 0.15) is 50.5 Å². The number of sulfonamides is 1. The van der Waals surface area contributed by atoms with Crippen LogP contribution in [0.25, 0.3) is 11.3 Å². The molecule has 3 fully saturated rings. The van der Waals surface area contributed by atoms with Gasteiger partial charge in [-0.25, -0.2) is 13.2 Å². The summed E-state index contributed by atoms with van der Waals surface area (Å²) in [7, 11) is -3.93. The van der Waals surface area contributed by atoms with E-state index in [2.05, 4.69) is 22.0 Å². The maximum absolute atomic E-state index is 14.1. The summed E-state index contributed by atoms with van der Waals surface area (Å²) in [5.74, 6) is -1.68. The smallest absolute Gasteiger partial charge is 0.490 e. The van der Waals surface area contributed by atoms with Crippen molar-refractivity contribution in [1.82, 2.24) is 19.1 Å². The molecule has 3 heterocycles. The van der Waals surface area contributed by atoms with Crippen molar-refractivity contribution in [2.45, 2.75) is 74.6 Å². The zero-order chi connectivity index (χ0) is 38.2. The third kappa shape index (κ3) is 11.1. The maximum Gasteiger partial charge on any atom is 0.490 e. The normalized spacial score (nSPS) is 19.6. The van der Waals surface area contributed by atoms with E-state index in [-0.39, 0.29) is 23.4 Å². The first-order valence-corrected chi connectivity index (χ1v) is 19.5. The Morgan fingerprint density at radius 1 is 0.906 bits per heavy atom. The van der Waals surface area contributed by atoms with Crippen LogP contribution < -0.4 is 10.5 Å². The maximum atomic E-state index is 14.1. The second-order valence-electron chi connectivity index (χ2n) is 13.7. The molecule has 1 aromatic heterocycles. The summed E-state index contributed by atoms with van der Waals surface area (Å²) in [6.45, 7) is 3.38. The van der Waals surface area contributed by atoms with Gasteiger partial charge in [-0.3, -0.25) is 14.7 Å². The van der Waals surface area contributed by atoms with Crippen molar-refractivity contribution in [2.24, 2.45) is 11.7 Å². The molecule has 1 atom stereocenters. The molecule has 288 valence electrons. The van der Waals surface area contributed by atoms with Crippen LogP contribution in [-0.2, 0) is 26.2 Å². The summed E-state index contributed by atoms with van der Waals surface area (Å²) >= 11 is 5.99. The van der Waals surface area contributed by atoms with Crippen molar-refractivity contribution in [2.75, 3.05) is 39.3 Å². The van der Waals surface area contributed by atoms with E-state index in [0.29, 0.717) is 68.9 Å². The summed E-state index contributed by atoms with van der Waals surface area (Å²) < 4.78 is 67.3. The first-order chi connectivity index (χ1) is 25.2. The fourth-order valence-corrected chi connectivity index (χ4v) is 8.46. The van der Waals surface area contributed by atoms with E-state index in [1.807, 2.05) is 24.3 Å². The van der Waals surface area contributed by atoms with E-state index in [0.717, 1.165) is 16.8 Å². The molecule has 2 aliphatic heterocycles. The van der Waals surface area contributed by atoms with Crippen molar-refractivity contribution >= 4 is 33.5 Å². The molecular formula is C37H45ClF3N5O6S. The Labute approximate surface area is 312 Å². The molecule has 16 heteroatoms. The average molecular weight is 780 g/mol. The molecule has 1 saturated carbocycles. The van der Waals surface area contributed by atoms with Gasteiger partial charge in [-0.05, 0) is 73.6 Å². The number of hydrogen-bond donors (Lipinski definition) is 2. The van der Waals surface area contributed by atoms with Gasteiger partial charge in [0.15, 0.2) is 0 Å². The number of amides is 1. The van der Waals surface area contributed by atoms with E-state index in [9.17, 15) is 26.4 Å². The van der Waals surface area contributed by atoms with Crippen LogP contribution in [0.2, 0.25) is 5.02 Å². The fraction of sp³-hybridized carbons (Fsp3) is 0.486. The van der Waals surface area contributed by atoms with Crippen molar-refractivity contribution < 1.29 is 41.0 Å². The molecule has 3 N–H and O–H groups in total. The summed E-state index contributed by atoms with van der Waals surface area (Å²) in [4.78, 5) is 31.4. The van der Waals surface area contributed by atoms with Crippen LogP contribution in [0.4, 0.5) is 13.2 Å². The van der Waals surface area contributed by atoms with E-state index < -0.39 is 28.2 Å². The topological polar surface area (TPSA) is 146 Å². The quantitative estimate of drug-likeness (QED) is 0.275. The molecule has 2 aromatic carbocycles. The van der Waals surface area contributed by atoms with Crippen LogP contribution in [0.3, 0.4) is 0 Å². The Hall–Kier alpha value is -3.76. The van der Waals surface area contributed by atoms with E-state index in [1.54, 1.807) is 35.4 Å². The molecule has 2 saturated heterocycles. The highest BCUT2D eigenvalue weighted by Gasteiger charge is 2.42. The highest BCUT2D eigenvalue weighted by atomic mass is 35.5. The number of aliphatic carboxylic acids is 1. The minimum Gasteiger partial charge on any atom is -0.493 e. The zero-order valence-electron chi connectivity index (χ0n) is 29.3. The fourth-order valence-electron chi connectivity index (χ4n) is 6.78. The van der Waals surface area contributed by atoms with E-state index in [4.69, 9.17) is 32.0 Å². The largest absolute Gasteiger partial charge is 0.493 e. The Morgan fingerprint density at radius 3 is 2.13 bits per heavy atom. The van der Waals surface area contributed by atoms with Crippen LogP contribution in [0.15, 0.2) is 71.8 Å². The number of rotatable bonds is 9. The number of carbonyl (C=O) groups is 2. The molecule has 6 rings (SSSR count). The van der Waals surface area contributed by atoms with Gasteiger partial charge in [0, 0.05) is 57.1 Å². The molecule has 3 aromatic rings. The number of nitrogens with two attached hydrogens (primary N) is 1. The minimum absolute atomic E-state index is 0.0663. The standard InChI is InChI=1S/C35H44ClN5O4S.C2HF3O2/c36-29-10-15-33(38-22-29)28-8-6-26(7-9-28)23-39-20-21-41(34(24-39)35(42)40-18-16-30(37)17-19-40)46(43,44)32-13-11-31(12-14-32)45-25-27-4-2-1-3-5-27;3-2(4,5)1(6)7/h6-15,22,27,30,34H,1-5,16-21,23-25,37H2;(H,6,7)/t34-;/m0./s1. The average Bonchev–Trinajstić information content (AvgIpc) is 3.15. The Balaban J connectivity index is 0.000000705. The SMILES string of the molecule is NC1CCN(C(=O)[C@@H]2CN(Cc3ccc(-c4ccc(Cl)cn4)cc3)CCN2S(=O)(=O)c2ccc(OCC3CCCCC3)cc2)CC1.O=C(O)C(F)(F)F. The molecule has 0 spiro atoms. The predicted octanol–water partition coefficient (Wildman–Crippen LogP) is 5.82. The van der Waals surface area contributed by atoms with Crippen molar-refractivity contribution in [1.29, 1.82) is 0 Å². The first-order valence-electron chi connectivity index (χ1n) is 17.7. The molecule has 1 amide bonds. The van der Waals surface area contributed by atoms with E-state index in [1.165, 1.54) is 36.4 Å². The summed E-state index contributed by atoms with van der Waals surface area (Å²) in [6.07, 6.45) is 4.13. The monoisotopic (exact) mass is 779 g/mol. The van der Waals surface area contributed by atoms with Crippen LogP contribution >= 0.6 is 11.6 Å². The number of aromatic nitrogens is 1. The van der Waals surface area contributed by atoms with Gasteiger partial charge in [0.05, 0.1) is 22.2 Å². The second kappa shape index (κ2) is 18.0. The minimum atomic E-state index is -5.08. The molecule has 0 unspecified atom stereocenters. The summed E-state index contributed by atoms with van der Waals surface area (Å²) in [5, 5.41) is 7.72. The van der Waals surface area contributed by atoms with Gasteiger partial charge in [-0.1, -0.05) is 55.1 Å². The van der Waals surface area contributed by atoms with Crippen LogP contribution in [-0.4, -0.2) is 102 Å². The lowest BCUT2D eigenvalue weighted by molar-refractivity contribution is -0.192. The number of benzene rings is 2. The Bertz CT molecular complexity index is 1770. The highest BCUT2D eigenvalue weighted by molar-refractivity contribution is 7.89. The molecular weight excluding hydrogens is 735 g/mol. The number of hydrogen-bond acceptors (Lipinski definition) is 8. The number of piperidine rings is 1. The Kier molecular flexibility index (Phi) is 13.8. The number of piperazine rings is 1. The third-order valence-corrected chi connectivity index (χ3v) is 12.0. The van der Waals surface area contributed by atoms with Gasteiger partial charge in [-0.15, -0.1) is 0 Å². The number of pyridine rings is 1. The van der Waals surface area contributed by atoms with Gasteiger partial charge in [0.25, 0.3) is 0 Å². The lowest BCUT2D eigenvalue weighted by atomic mass is 9.90. The molecule has 3 aliphatic rings. The number of alkyl halides is 3. The van der Waals surface area contributed by atoms with Crippen LogP contribution in [0.5, 0.6) is 5.75 Å². The van der Waals surface area contributed by atoms with Gasteiger partial charge >= 0.3 is 12.1 Å². The number of nitrogens with zero attached hydrogens (tertiary/aromatic N) is 4. The molecule has 0 radical (unpaired) electrons. The van der Waals surface area contributed by atoms with Crippen molar-refractivity contribution in [3.05, 3.63) is 77.4 Å². The van der Waals surface area contributed by atoms with Gasteiger partial charge in [0.2, 0.25) is 15.9 Å². The number of carboxylic acids is 1. The number of likely N-dealkylation sites (tertiary alicyclic amines) is 1. The highest BCUT2D eigenvalue weighted by Crippen LogP contribution is 2.28. The van der Waals surface area contributed by atoms with Gasteiger partial charge in [-0.2, -0.15) is 17.5 Å². The number of carbonyl (C=O) groups excluding carboxylic acids is 1. The second-order valence-corrected chi connectivity index (χ2v) is 16.0. The molecule has 53 heavy (non-hydrogen) atoms. The van der Waals surface area contributed by atoms with Crippen LogP contribution in [0, 0.1) is 5.92 Å². The van der Waals surface area contributed by atoms with Crippen molar-refractivity contribution in [3.63, 3.8) is 0 Å².